The van der Waals surface area contributed by atoms with E-state index in [4.69, 9.17) is 15.2 Å². The molecule has 0 saturated carbocycles. The first-order chi connectivity index (χ1) is 11.1. The molecule has 1 aromatic carbocycles. The monoisotopic (exact) mass is 317 g/mol. The summed E-state index contributed by atoms with van der Waals surface area (Å²) in [6.45, 7) is 7.39. The summed E-state index contributed by atoms with van der Waals surface area (Å²) in [6.07, 6.45) is 5.02. The van der Waals surface area contributed by atoms with Gasteiger partial charge < -0.3 is 20.1 Å². The van der Waals surface area contributed by atoms with E-state index >= 15 is 0 Å². The number of ether oxygens (including phenoxy) is 2. The fourth-order valence-electron chi connectivity index (χ4n) is 3.09. The highest BCUT2D eigenvalue weighted by Crippen LogP contribution is 2.36. The van der Waals surface area contributed by atoms with Crippen molar-refractivity contribution < 1.29 is 9.47 Å². The van der Waals surface area contributed by atoms with Crippen LogP contribution >= 0.6 is 0 Å². The average Bonchev–Trinajstić information content (AvgIpc) is 2.84. The van der Waals surface area contributed by atoms with Crippen LogP contribution in [0.25, 0.3) is 0 Å². The van der Waals surface area contributed by atoms with Crippen molar-refractivity contribution in [3.05, 3.63) is 23.8 Å². The molecule has 2 aliphatic rings. The van der Waals surface area contributed by atoms with E-state index in [1.165, 1.54) is 31.2 Å². The predicted octanol–water partition coefficient (Wildman–Crippen LogP) is 2.88. The van der Waals surface area contributed by atoms with E-state index in [9.17, 15) is 0 Å². The molecule has 1 fully saturated rings. The second-order valence-corrected chi connectivity index (χ2v) is 7.03. The van der Waals surface area contributed by atoms with Gasteiger partial charge in [-0.2, -0.15) is 0 Å². The van der Waals surface area contributed by atoms with E-state index in [2.05, 4.69) is 35.9 Å². The third-order valence-corrected chi connectivity index (χ3v) is 4.72. The minimum Gasteiger partial charge on any atom is -0.454 e. The van der Waals surface area contributed by atoms with E-state index in [0.29, 0.717) is 19.3 Å². The molecule has 23 heavy (non-hydrogen) atoms. The van der Waals surface area contributed by atoms with Crippen LogP contribution in [0.2, 0.25) is 0 Å². The molecule has 0 aliphatic carbocycles. The molecule has 0 atom stereocenters. The van der Waals surface area contributed by atoms with Crippen molar-refractivity contribution >= 4 is 5.96 Å². The summed E-state index contributed by atoms with van der Waals surface area (Å²) in [4.78, 5) is 6.90. The number of likely N-dealkylation sites (tertiary alicyclic amines) is 1. The fourth-order valence-corrected chi connectivity index (χ4v) is 3.09. The van der Waals surface area contributed by atoms with Gasteiger partial charge in [0.1, 0.15) is 0 Å². The topological polar surface area (TPSA) is 60.1 Å². The summed E-state index contributed by atoms with van der Waals surface area (Å²) in [5.74, 6) is 2.32. The zero-order valence-electron chi connectivity index (χ0n) is 14.2. The summed E-state index contributed by atoms with van der Waals surface area (Å²) in [6, 6.07) is 6.12. The smallest absolute Gasteiger partial charge is 0.231 e. The molecule has 0 radical (unpaired) electrons. The van der Waals surface area contributed by atoms with Gasteiger partial charge in [0.25, 0.3) is 0 Å². The van der Waals surface area contributed by atoms with Crippen molar-refractivity contribution in [1.82, 2.24) is 4.90 Å². The number of fused-ring (bicyclic) bond motifs is 1. The summed E-state index contributed by atoms with van der Waals surface area (Å²) in [5.41, 5.74) is 7.31. The zero-order valence-corrected chi connectivity index (χ0v) is 14.2. The van der Waals surface area contributed by atoms with Crippen LogP contribution in [0.5, 0.6) is 11.5 Å². The number of hydrogen-bond acceptors (Lipinski definition) is 3. The number of rotatable bonds is 3. The molecule has 3 rings (SSSR count). The van der Waals surface area contributed by atoms with Gasteiger partial charge in [-0.05, 0) is 30.5 Å². The highest BCUT2D eigenvalue weighted by atomic mass is 16.7. The maximum Gasteiger partial charge on any atom is 0.231 e. The van der Waals surface area contributed by atoms with Gasteiger partial charge >= 0.3 is 0 Å². The minimum absolute atomic E-state index is 0.0998. The Labute approximate surface area is 138 Å². The Balaban J connectivity index is 1.68. The molecule has 2 heterocycles. The Morgan fingerprint density at radius 1 is 1.13 bits per heavy atom. The van der Waals surface area contributed by atoms with E-state index in [1.807, 2.05) is 6.07 Å². The normalized spacial score (nSPS) is 18.9. The van der Waals surface area contributed by atoms with Gasteiger partial charge in [0.2, 0.25) is 6.79 Å². The predicted molar refractivity (Wildman–Crippen MR) is 92.1 cm³/mol. The lowest BCUT2D eigenvalue weighted by atomic mass is 9.84. The second-order valence-electron chi connectivity index (χ2n) is 7.03. The third-order valence-electron chi connectivity index (χ3n) is 4.72. The highest BCUT2D eigenvalue weighted by molar-refractivity contribution is 5.78. The molecule has 0 amide bonds. The SMILES string of the molecule is CC(C)(CN=C(N)N1CCCCCC1)c1ccc2c(c1)OCO2. The van der Waals surface area contributed by atoms with Crippen LogP contribution in [0.4, 0.5) is 0 Å². The van der Waals surface area contributed by atoms with Crippen LogP contribution in [0.1, 0.15) is 45.1 Å². The Bertz CT molecular complexity index is 576. The molecule has 0 aromatic heterocycles. The zero-order chi connectivity index (χ0) is 16.3. The van der Waals surface area contributed by atoms with Gasteiger partial charge in [-0.15, -0.1) is 0 Å². The second kappa shape index (κ2) is 6.69. The van der Waals surface area contributed by atoms with E-state index < -0.39 is 0 Å². The van der Waals surface area contributed by atoms with E-state index in [-0.39, 0.29) is 5.41 Å². The molecule has 0 spiro atoms. The quantitative estimate of drug-likeness (QED) is 0.688. The average molecular weight is 317 g/mol. The van der Waals surface area contributed by atoms with Crippen molar-refractivity contribution in [2.24, 2.45) is 10.7 Å². The van der Waals surface area contributed by atoms with Crippen LogP contribution in [0, 0.1) is 0 Å². The largest absolute Gasteiger partial charge is 0.454 e. The van der Waals surface area contributed by atoms with Crippen molar-refractivity contribution in [2.45, 2.75) is 44.9 Å². The standard InChI is InChI=1S/C18H27N3O2/c1-18(2,14-7-8-15-16(11-14)23-13-22-15)12-20-17(19)21-9-5-3-4-6-10-21/h7-8,11H,3-6,9-10,12-13H2,1-2H3,(H2,19,20). The number of guanidine groups is 1. The van der Waals surface area contributed by atoms with Crippen molar-refractivity contribution in [3.63, 3.8) is 0 Å². The molecular formula is C18H27N3O2. The number of nitrogens with two attached hydrogens (primary N) is 1. The first kappa shape index (κ1) is 16.0. The molecule has 5 nitrogen and oxygen atoms in total. The first-order valence-corrected chi connectivity index (χ1v) is 8.51. The van der Waals surface area contributed by atoms with Crippen LogP contribution in [-0.4, -0.2) is 37.3 Å². The van der Waals surface area contributed by atoms with Crippen molar-refractivity contribution in [2.75, 3.05) is 26.4 Å². The Morgan fingerprint density at radius 3 is 2.57 bits per heavy atom. The van der Waals surface area contributed by atoms with Gasteiger partial charge in [0, 0.05) is 18.5 Å². The molecule has 5 heteroatoms. The van der Waals surface area contributed by atoms with Crippen molar-refractivity contribution in [3.8, 4) is 11.5 Å². The maximum absolute atomic E-state index is 6.22. The van der Waals surface area contributed by atoms with Crippen molar-refractivity contribution in [1.29, 1.82) is 0 Å². The van der Waals surface area contributed by atoms with Crippen LogP contribution in [0.15, 0.2) is 23.2 Å². The summed E-state index contributed by atoms with van der Waals surface area (Å²) in [7, 11) is 0. The third kappa shape index (κ3) is 3.71. The number of benzene rings is 1. The lowest BCUT2D eigenvalue weighted by molar-refractivity contribution is 0.174. The molecule has 1 saturated heterocycles. The molecule has 1 aromatic rings. The fraction of sp³-hybridized carbons (Fsp3) is 0.611. The Morgan fingerprint density at radius 2 is 1.83 bits per heavy atom. The summed E-state index contributed by atoms with van der Waals surface area (Å²) < 4.78 is 10.9. The van der Waals surface area contributed by atoms with E-state index in [0.717, 1.165) is 24.6 Å². The highest BCUT2D eigenvalue weighted by Gasteiger charge is 2.24. The van der Waals surface area contributed by atoms with Crippen LogP contribution in [0.3, 0.4) is 0 Å². The van der Waals surface area contributed by atoms with Gasteiger partial charge in [0.15, 0.2) is 17.5 Å². The molecule has 0 unspecified atom stereocenters. The number of aliphatic imine (C=N–C) groups is 1. The van der Waals surface area contributed by atoms with Crippen LogP contribution in [-0.2, 0) is 5.41 Å². The van der Waals surface area contributed by atoms with Gasteiger partial charge in [-0.25, -0.2) is 0 Å². The lowest BCUT2D eigenvalue weighted by Crippen LogP contribution is -2.39. The lowest BCUT2D eigenvalue weighted by Gasteiger charge is -2.26. The molecule has 0 bridgehead atoms. The summed E-state index contributed by atoms with van der Waals surface area (Å²) in [5, 5.41) is 0. The Kier molecular flexibility index (Phi) is 4.64. The summed E-state index contributed by atoms with van der Waals surface area (Å²) >= 11 is 0. The van der Waals surface area contributed by atoms with Crippen LogP contribution < -0.4 is 15.2 Å². The number of nitrogens with zero attached hydrogens (tertiary/aromatic N) is 2. The number of hydrogen-bond donors (Lipinski definition) is 1. The van der Waals surface area contributed by atoms with Gasteiger partial charge in [-0.3, -0.25) is 4.99 Å². The first-order valence-electron chi connectivity index (χ1n) is 8.51. The molecule has 126 valence electrons. The maximum atomic E-state index is 6.22. The molecular weight excluding hydrogens is 290 g/mol. The molecule has 2 aliphatic heterocycles. The van der Waals surface area contributed by atoms with Gasteiger partial charge in [-0.1, -0.05) is 32.8 Å². The van der Waals surface area contributed by atoms with E-state index in [1.54, 1.807) is 0 Å². The Hall–Kier alpha value is -1.91. The van der Waals surface area contributed by atoms with Gasteiger partial charge in [0.05, 0.1) is 6.54 Å². The molecule has 2 N–H and O–H groups in total. The minimum atomic E-state index is -0.0998.